The van der Waals surface area contributed by atoms with Crippen LogP contribution in [0.1, 0.15) is 93.1 Å². The average molecular weight is 587 g/mol. The SMILES string of the molecule is COc1cc(O)c2c3c1O[C@H]1[C@@H](N(C(=O)CCCCC(=O)c4ccccc4)C(C)C)CC[C@H]4[C@@H](C2)N(CC2CC2)CC[C@@]341. The molecule has 7 nitrogen and oxygen atoms in total. The van der Waals surface area contributed by atoms with E-state index in [1.54, 1.807) is 13.2 Å². The number of methoxy groups -OCH3 is 1. The van der Waals surface area contributed by atoms with Crippen LogP contribution in [0, 0.1) is 11.8 Å². The number of phenols is 1. The van der Waals surface area contributed by atoms with Crippen molar-refractivity contribution >= 4 is 11.7 Å². The normalized spacial score (nSPS) is 28.7. The van der Waals surface area contributed by atoms with Gasteiger partial charge in [-0.3, -0.25) is 14.5 Å². The number of hydrogen-bond donors (Lipinski definition) is 1. The molecule has 2 bridgehead atoms. The number of aromatic hydroxyl groups is 1. The van der Waals surface area contributed by atoms with Gasteiger partial charge in [-0.1, -0.05) is 30.3 Å². The van der Waals surface area contributed by atoms with Crippen molar-refractivity contribution in [3.63, 3.8) is 0 Å². The first-order valence-corrected chi connectivity index (χ1v) is 16.6. The average Bonchev–Trinajstić information content (AvgIpc) is 3.76. The van der Waals surface area contributed by atoms with Gasteiger partial charge >= 0.3 is 0 Å². The van der Waals surface area contributed by atoms with E-state index in [4.69, 9.17) is 9.47 Å². The zero-order valence-corrected chi connectivity index (χ0v) is 25.9. The summed E-state index contributed by atoms with van der Waals surface area (Å²) in [4.78, 5) is 31.4. The van der Waals surface area contributed by atoms with E-state index in [1.807, 2.05) is 30.3 Å². The molecule has 3 fully saturated rings. The fourth-order valence-corrected chi connectivity index (χ4v) is 9.26. The molecule has 2 aromatic carbocycles. The number of phenolic OH excluding ortho intramolecular Hbond substituents is 1. The molecule has 1 N–H and O–H groups in total. The standard InChI is InChI=1S/C36H46N2O5/c1-22(2)38(32(41)12-8-7-11-29(39)24-9-5-4-6-10-24)27-16-15-26-28-19-25-30(40)20-31(42-3)34-33(25)36(26,35(27)43-34)17-18-37(28)21-23-13-14-23/h4-6,9-10,20,22-23,26-28,35,40H,7-8,11-19,21H2,1-3H3/t26-,27-,28+,35-,36-/m0/s1. The van der Waals surface area contributed by atoms with Gasteiger partial charge in [0, 0.05) is 59.6 Å². The van der Waals surface area contributed by atoms with Crippen LogP contribution in [0.3, 0.4) is 0 Å². The second kappa shape index (κ2) is 11.1. The van der Waals surface area contributed by atoms with Gasteiger partial charge in [-0.2, -0.15) is 0 Å². The van der Waals surface area contributed by atoms with Gasteiger partial charge in [0.25, 0.3) is 0 Å². The number of piperidine rings is 1. The minimum absolute atomic E-state index is 0.0350. The van der Waals surface area contributed by atoms with Crippen molar-refractivity contribution in [3.05, 3.63) is 53.1 Å². The van der Waals surface area contributed by atoms with Crippen molar-refractivity contribution in [2.45, 2.75) is 108 Å². The number of carbonyl (C=O) groups is 2. The Bertz CT molecular complexity index is 1390. The van der Waals surface area contributed by atoms with E-state index in [0.29, 0.717) is 49.1 Å². The third kappa shape index (κ3) is 4.73. The molecule has 0 unspecified atom stereocenters. The predicted octanol–water partition coefficient (Wildman–Crippen LogP) is 5.90. The van der Waals surface area contributed by atoms with Crippen molar-refractivity contribution in [2.24, 2.45) is 11.8 Å². The summed E-state index contributed by atoms with van der Waals surface area (Å²) in [5.41, 5.74) is 2.72. The summed E-state index contributed by atoms with van der Waals surface area (Å²) in [7, 11) is 1.64. The number of nitrogens with zero attached hydrogens (tertiary/aromatic N) is 2. The summed E-state index contributed by atoms with van der Waals surface area (Å²) in [5, 5.41) is 11.3. The first-order chi connectivity index (χ1) is 20.8. The third-order valence-corrected chi connectivity index (χ3v) is 11.2. The Hall–Kier alpha value is -3.06. The van der Waals surface area contributed by atoms with Crippen LogP contribution in [0.25, 0.3) is 0 Å². The van der Waals surface area contributed by atoms with E-state index in [1.165, 1.54) is 18.4 Å². The van der Waals surface area contributed by atoms with Gasteiger partial charge in [-0.25, -0.2) is 0 Å². The van der Waals surface area contributed by atoms with Crippen LogP contribution in [0.2, 0.25) is 0 Å². The van der Waals surface area contributed by atoms with Gasteiger partial charge in [0.15, 0.2) is 17.3 Å². The minimum atomic E-state index is -0.224. The van der Waals surface area contributed by atoms with Gasteiger partial charge < -0.3 is 19.5 Å². The minimum Gasteiger partial charge on any atom is -0.508 e. The Labute approximate surface area is 255 Å². The van der Waals surface area contributed by atoms with Crippen LogP contribution in [0.15, 0.2) is 36.4 Å². The number of benzene rings is 2. The number of Topliss-reactive ketones (excluding diaryl/α,β-unsaturated/α-hetero) is 1. The van der Waals surface area contributed by atoms with Crippen molar-refractivity contribution < 1.29 is 24.2 Å². The van der Waals surface area contributed by atoms with Gasteiger partial charge in [0.2, 0.25) is 5.91 Å². The molecular weight excluding hydrogens is 540 g/mol. The first kappa shape index (κ1) is 28.7. The molecule has 3 aliphatic carbocycles. The number of unbranched alkanes of at least 4 members (excludes halogenated alkanes) is 1. The second-order valence-electron chi connectivity index (χ2n) is 14.0. The highest BCUT2D eigenvalue weighted by atomic mass is 16.5. The number of rotatable bonds is 11. The zero-order valence-electron chi connectivity index (χ0n) is 25.9. The Morgan fingerprint density at radius 2 is 1.88 bits per heavy atom. The molecule has 1 amide bonds. The van der Waals surface area contributed by atoms with Crippen molar-refractivity contribution in [1.82, 2.24) is 9.80 Å². The molecule has 43 heavy (non-hydrogen) atoms. The van der Waals surface area contributed by atoms with Crippen LogP contribution in [0.5, 0.6) is 17.2 Å². The van der Waals surface area contributed by atoms with E-state index in [-0.39, 0.29) is 35.3 Å². The summed E-state index contributed by atoms with van der Waals surface area (Å²) >= 11 is 0. The molecular formula is C36H46N2O5. The number of ether oxygens (including phenoxy) is 2. The maximum atomic E-state index is 14.0. The molecule has 2 aromatic rings. The highest BCUT2D eigenvalue weighted by molar-refractivity contribution is 5.96. The van der Waals surface area contributed by atoms with Crippen LogP contribution >= 0.6 is 0 Å². The first-order valence-electron chi connectivity index (χ1n) is 16.6. The lowest BCUT2D eigenvalue weighted by Gasteiger charge is -2.61. The van der Waals surface area contributed by atoms with Gasteiger partial charge in [0.05, 0.1) is 13.2 Å². The lowest BCUT2D eigenvalue weighted by atomic mass is 9.50. The van der Waals surface area contributed by atoms with Crippen LogP contribution in [-0.4, -0.2) is 71.0 Å². The number of likely N-dealkylation sites (tertiary alicyclic amines) is 1. The Morgan fingerprint density at radius 1 is 1.12 bits per heavy atom. The van der Waals surface area contributed by atoms with Gasteiger partial charge in [-0.05, 0) is 83.6 Å². The maximum Gasteiger partial charge on any atom is 0.223 e. The van der Waals surface area contributed by atoms with Crippen molar-refractivity contribution in [3.8, 4) is 17.2 Å². The lowest BCUT2D eigenvalue weighted by Crippen LogP contribution is -2.69. The zero-order chi connectivity index (χ0) is 29.9. The predicted molar refractivity (Wildman–Crippen MR) is 165 cm³/mol. The van der Waals surface area contributed by atoms with E-state index >= 15 is 0 Å². The topological polar surface area (TPSA) is 79.3 Å². The molecule has 7 heteroatoms. The quantitative estimate of drug-likeness (QED) is 0.261. The van der Waals surface area contributed by atoms with Crippen LogP contribution in [-0.2, 0) is 16.6 Å². The molecule has 7 rings (SSSR count). The molecule has 1 saturated heterocycles. The molecule has 2 saturated carbocycles. The number of amides is 1. The summed E-state index contributed by atoms with van der Waals surface area (Å²) < 4.78 is 12.8. The largest absolute Gasteiger partial charge is 0.508 e. The third-order valence-electron chi connectivity index (χ3n) is 11.2. The molecule has 2 heterocycles. The maximum absolute atomic E-state index is 14.0. The summed E-state index contributed by atoms with van der Waals surface area (Å²) in [6.07, 6.45) is 8.59. The van der Waals surface area contributed by atoms with Crippen molar-refractivity contribution in [1.29, 1.82) is 0 Å². The van der Waals surface area contributed by atoms with E-state index in [9.17, 15) is 14.7 Å². The van der Waals surface area contributed by atoms with Gasteiger partial charge in [0.1, 0.15) is 11.9 Å². The molecule has 1 spiro atoms. The van der Waals surface area contributed by atoms with Crippen LogP contribution < -0.4 is 9.47 Å². The Morgan fingerprint density at radius 3 is 2.60 bits per heavy atom. The number of ketones is 1. The molecule has 5 aliphatic rings. The second-order valence-corrected chi connectivity index (χ2v) is 14.0. The van der Waals surface area contributed by atoms with E-state index in [0.717, 1.165) is 61.6 Å². The fraction of sp³-hybridized carbons (Fsp3) is 0.611. The summed E-state index contributed by atoms with van der Waals surface area (Å²) in [6.45, 7) is 6.42. The fourth-order valence-electron chi connectivity index (χ4n) is 9.26. The molecule has 2 aliphatic heterocycles. The molecule has 230 valence electrons. The van der Waals surface area contributed by atoms with Crippen LogP contribution in [0.4, 0.5) is 0 Å². The summed E-state index contributed by atoms with van der Waals surface area (Å²) in [5.74, 6) is 3.25. The highest BCUT2D eigenvalue weighted by Crippen LogP contribution is 2.66. The molecule has 5 atom stereocenters. The smallest absolute Gasteiger partial charge is 0.223 e. The van der Waals surface area contributed by atoms with Gasteiger partial charge in [-0.15, -0.1) is 0 Å². The Kier molecular flexibility index (Phi) is 7.43. The summed E-state index contributed by atoms with van der Waals surface area (Å²) in [6, 6.07) is 11.5. The highest BCUT2D eigenvalue weighted by Gasteiger charge is 2.67. The molecule has 0 aromatic heterocycles. The number of carbonyl (C=O) groups excluding carboxylic acids is 2. The molecule has 0 radical (unpaired) electrons. The monoisotopic (exact) mass is 586 g/mol. The van der Waals surface area contributed by atoms with Crippen molar-refractivity contribution in [2.75, 3.05) is 20.2 Å². The Balaban J connectivity index is 1.14. The van der Waals surface area contributed by atoms with E-state index < -0.39 is 0 Å². The number of hydrogen-bond acceptors (Lipinski definition) is 6. The lowest BCUT2D eigenvalue weighted by molar-refractivity contribution is -0.146. The van der Waals surface area contributed by atoms with E-state index in [2.05, 4.69) is 23.6 Å².